The van der Waals surface area contributed by atoms with Crippen LogP contribution in [0.2, 0.25) is 0 Å². The number of benzene rings is 1. The van der Waals surface area contributed by atoms with Crippen LogP contribution in [0, 0.1) is 11.6 Å². The van der Waals surface area contributed by atoms with Gasteiger partial charge < -0.3 is 5.73 Å². The van der Waals surface area contributed by atoms with Gasteiger partial charge in [0.05, 0.1) is 11.9 Å². The fourth-order valence-electron chi connectivity index (χ4n) is 1.30. The fourth-order valence-corrected chi connectivity index (χ4v) is 1.30. The molecule has 6 heteroatoms. The molecule has 1 atom stereocenters. The van der Waals surface area contributed by atoms with Gasteiger partial charge in [-0.1, -0.05) is 11.3 Å². The van der Waals surface area contributed by atoms with E-state index in [9.17, 15) is 8.78 Å². The molecule has 2 rings (SSSR count). The van der Waals surface area contributed by atoms with E-state index in [1.54, 1.807) is 6.92 Å². The van der Waals surface area contributed by atoms with Crippen molar-refractivity contribution in [2.75, 3.05) is 0 Å². The SMILES string of the molecule is CC(N)c1cn(-c2c(F)cccc2F)nn1. The summed E-state index contributed by atoms with van der Waals surface area (Å²) in [5.41, 5.74) is 5.80. The predicted octanol–water partition coefficient (Wildman–Crippen LogP) is 1.57. The van der Waals surface area contributed by atoms with E-state index in [0.29, 0.717) is 5.69 Å². The van der Waals surface area contributed by atoms with E-state index in [4.69, 9.17) is 5.73 Å². The molecule has 0 amide bonds. The average Bonchev–Trinajstić information content (AvgIpc) is 2.66. The molecule has 0 spiro atoms. The number of nitrogens with zero attached hydrogens (tertiary/aromatic N) is 3. The summed E-state index contributed by atoms with van der Waals surface area (Å²) in [4.78, 5) is 0. The lowest BCUT2D eigenvalue weighted by Gasteiger charge is -2.02. The van der Waals surface area contributed by atoms with Crippen LogP contribution in [-0.2, 0) is 0 Å². The Hall–Kier alpha value is -1.82. The molecule has 1 heterocycles. The average molecular weight is 224 g/mol. The van der Waals surface area contributed by atoms with Crippen LogP contribution >= 0.6 is 0 Å². The zero-order chi connectivity index (χ0) is 11.7. The number of nitrogens with two attached hydrogens (primary N) is 1. The van der Waals surface area contributed by atoms with Crippen molar-refractivity contribution in [3.05, 3.63) is 41.7 Å². The van der Waals surface area contributed by atoms with Crippen LogP contribution in [-0.4, -0.2) is 15.0 Å². The lowest BCUT2D eigenvalue weighted by atomic mass is 10.2. The van der Waals surface area contributed by atoms with Crippen molar-refractivity contribution in [1.29, 1.82) is 0 Å². The number of hydrogen-bond donors (Lipinski definition) is 1. The van der Waals surface area contributed by atoms with Crippen LogP contribution in [0.4, 0.5) is 8.78 Å². The number of halogens is 2. The van der Waals surface area contributed by atoms with Crippen LogP contribution in [0.1, 0.15) is 18.7 Å². The van der Waals surface area contributed by atoms with Gasteiger partial charge in [0, 0.05) is 6.04 Å². The highest BCUT2D eigenvalue weighted by Crippen LogP contribution is 2.17. The molecule has 0 saturated heterocycles. The molecule has 1 unspecified atom stereocenters. The molecule has 1 aromatic carbocycles. The minimum atomic E-state index is -0.693. The molecule has 0 aliphatic carbocycles. The largest absolute Gasteiger partial charge is 0.323 e. The highest BCUT2D eigenvalue weighted by atomic mass is 19.1. The van der Waals surface area contributed by atoms with Crippen molar-refractivity contribution in [3.8, 4) is 5.69 Å². The number of rotatable bonds is 2. The van der Waals surface area contributed by atoms with E-state index in [2.05, 4.69) is 10.3 Å². The highest BCUT2D eigenvalue weighted by Gasteiger charge is 2.13. The normalized spacial score (nSPS) is 12.8. The van der Waals surface area contributed by atoms with Crippen molar-refractivity contribution in [2.45, 2.75) is 13.0 Å². The Morgan fingerprint density at radius 2 is 1.94 bits per heavy atom. The summed E-state index contributed by atoms with van der Waals surface area (Å²) in [5, 5.41) is 7.36. The molecule has 0 aliphatic rings. The number of aromatic nitrogens is 3. The van der Waals surface area contributed by atoms with Gasteiger partial charge in [0.15, 0.2) is 11.6 Å². The molecule has 0 aliphatic heterocycles. The molecule has 2 aromatic rings. The summed E-state index contributed by atoms with van der Waals surface area (Å²) >= 11 is 0. The summed E-state index contributed by atoms with van der Waals surface area (Å²) in [6.45, 7) is 1.71. The second-order valence-corrected chi connectivity index (χ2v) is 3.45. The molecule has 84 valence electrons. The first-order valence-electron chi connectivity index (χ1n) is 4.72. The zero-order valence-electron chi connectivity index (χ0n) is 8.56. The van der Waals surface area contributed by atoms with Gasteiger partial charge in [0.25, 0.3) is 0 Å². The van der Waals surface area contributed by atoms with Crippen LogP contribution in [0.25, 0.3) is 5.69 Å². The number of hydrogen-bond acceptors (Lipinski definition) is 3. The Labute approximate surface area is 90.7 Å². The van der Waals surface area contributed by atoms with Crippen molar-refractivity contribution in [3.63, 3.8) is 0 Å². The lowest BCUT2D eigenvalue weighted by Crippen LogP contribution is -2.05. The maximum Gasteiger partial charge on any atom is 0.151 e. The second-order valence-electron chi connectivity index (χ2n) is 3.45. The zero-order valence-corrected chi connectivity index (χ0v) is 8.56. The van der Waals surface area contributed by atoms with E-state index in [-0.39, 0.29) is 11.7 Å². The van der Waals surface area contributed by atoms with Gasteiger partial charge in [-0.3, -0.25) is 0 Å². The van der Waals surface area contributed by atoms with E-state index in [1.807, 2.05) is 0 Å². The van der Waals surface area contributed by atoms with Gasteiger partial charge >= 0.3 is 0 Å². The Kier molecular flexibility index (Phi) is 2.66. The third-order valence-electron chi connectivity index (χ3n) is 2.14. The first-order chi connectivity index (χ1) is 7.59. The Morgan fingerprint density at radius 1 is 1.31 bits per heavy atom. The molecular weight excluding hydrogens is 214 g/mol. The molecule has 0 bridgehead atoms. The minimum Gasteiger partial charge on any atom is -0.323 e. The Balaban J connectivity index is 2.50. The van der Waals surface area contributed by atoms with E-state index in [1.165, 1.54) is 12.3 Å². The molecule has 0 radical (unpaired) electrons. The fraction of sp³-hybridized carbons (Fsp3) is 0.200. The van der Waals surface area contributed by atoms with E-state index in [0.717, 1.165) is 16.8 Å². The Bertz CT molecular complexity index is 487. The molecule has 0 saturated carbocycles. The van der Waals surface area contributed by atoms with Crippen LogP contribution in [0.5, 0.6) is 0 Å². The van der Waals surface area contributed by atoms with Gasteiger partial charge in [0.1, 0.15) is 5.69 Å². The minimum absolute atomic E-state index is 0.248. The summed E-state index contributed by atoms with van der Waals surface area (Å²) < 4.78 is 27.8. The molecule has 0 fully saturated rings. The van der Waals surface area contributed by atoms with E-state index >= 15 is 0 Å². The molecule has 4 nitrogen and oxygen atoms in total. The van der Waals surface area contributed by atoms with E-state index < -0.39 is 11.6 Å². The van der Waals surface area contributed by atoms with Crippen molar-refractivity contribution in [1.82, 2.24) is 15.0 Å². The standard InChI is InChI=1S/C10H10F2N4/c1-6(13)9-5-16(15-14-9)10-7(11)3-2-4-8(10)12/h2-6H,13H2,1H3. The van der Waals surface area contributed by atoms with Crippen LogP contribution in [0.3, 0.4) is 0 Å². The maximum atomic E-state index is 13.4. The van der Waals surface area contributed by atoms with Crippen LogP contribution < -0.4 is 5.73 Å². The molecule has 1 aromatic heterocycles. The van der Waals surface area contributed by atoms with Crippen molar-refractivity contribution < 1.29 is 8.78 Å². The monoisotopic (exact) mass is 224 g/mol. The van der Waals surface area contributed by atoms with Crippen molar-refractivity contribution >= 4 is 0 Å². The quantitative estimate of drug-likeness (QED) is 0.842. The summed E-state index contributed by atoms with van der Waals surface area (Å²) in [5.74, 6) is -1.39. The first-order valence-corrected chi connectivity index (χ1v) is 4.72. The number of para-hydroxylation sites is 1. The third kappa shape index (κ3) is 1.79. The Morgan fingerprint density at radius 3 is 2.44 bits per heavy atom. The first kappa shape index (κ1) is 10.7. The predicted molar refractivity (Wildman–Crippen MR) is 53.9 cm³/mol. The summed E-state index contributed by atoms with van der Waals surface area (Å²) in [7, 11) is 0. The van der Waals surface area contributed by atoms with Gasteiger partial charge in [-0.2, -0.15) is 0 Å². The third-order valence-corrected chi connectivity index (χ3v) is 2.14. The maximum absolute atomic E-state index is 13.4. The molecular formula is C10H10F2N4. The van der Waals surface area contributed by atoms with Gasteiger partial charge in [-0.15, -0.1) is 5.10 Å². The smallest absolute Gasteiger partial charge is 0.151 e. The van der Waals surface area contributed by atoms with Crippen molar-refractivity contribution in [2.24, 2.45) is 5.73 Å². The highest BCUT2D eigenvalue weighted by molar-refractivity contribution is 5.34. The summed E-state index contributed by atoms with van der Waals surface area (Å²) in [6, 6.07) is 3.28. The lowest BCUT2D eigenvalue weighted by molar-refractivity contribution is 0.556. The van der Waals surface area contributed by atoms with Gasteiger partial charge in [0.2, 0.25) is 0 Å². The topological polar surface area (TPSA) is 56.7 Å². The molecule has 2 N–H and O–H groups in total. The second kappa shape index (κ2) is 3.97. The molecule has 16 heavy (non-hydrogen) atoms. The van der Waals surface area contributed by atoms with Gasteiger partial charge in [-0.25, -0.2) is 13.5 Å². The summed E-state index contributed by atoms with van der Waals surface area (Å²) in [6.07, 6.45) is 1.41. The van der Waals surface area contributed by atoms with Gasteiger partial charge in [-0.05, 0) is 19.1 Å². The van der Waals surface area contributed by atoms with Crippen LogP contribution in [0.15, 0.2) is 24.4 Å².